The molecule has 0 saturated carbocycles. The minimum atomic E-state index is -0.436. The highest BCUT2D eigenvalue weighted by molar-refractivity contribution is 6.04. The van der Waals surface area contributed by atoms with E-state index in [4.69, 9.17) is 14.2 Å². The van der Waals surface area contributed by atoms with Crippen LogP contribution in [0, 0.1) is 0 Å². The number of hydrogen-bond donors (Lipinski definition) is 1. The van der Waals surface area contributed by atoms with Crippen LogP contribution >= 0.6 is 0 Å². The van der Waals surface area contributed by atoms with Crippen molar-refractivity contribution in [2.75, 3.05) is 26.1 Å². The molecule has 32 heavy (non-hydrogen) atoms. The molecule has 3 aromatic rings. The molecule has 0 radical (unpaired) electrons. The summed E-state index contributed by atoms with van der Waals surface area (Å²) in [5.74, 6) is 1.13. The van der Waals surface area contributed by atoms with Crippen LogP contribution in [0.15, 0.2) is 66.7 Å². The second kappa shape index (κ2) is 10.9. The number of benzene rings is 3. The topological polar surface area (TPSA) is 83.1 Å². The Balaban J connectivity index is 1.76. The van der Waals surface area contributed by atoms with Gasteiger partial charge in [0.2, 0.25) is 0 Å². The zero-order valence-corrected chi connectivity index (χ0v) is 18.2. The van der Waals surface area contributed by atoms with Crippen molar-refractivity contribution in [1.29, 1.82) is 0 Å². The number of carbonyl (C=O) groups is 2. The van der Waals surface area contributed by atoms with E-state index in [0.717, 1.165) is 5.56 Å². The summed E-state index contributed by atoms with van der Waals surface area (Å²) in [7, 11) is 2.90. The van der Waals surface area contributed by atoms with Gasteiger partial charge < -0.3 is 24.3 Å². The zero-order valence-electron chi connectivity index (χ0n) is 18.2. The summed E-state index contributed by atoms with van der Waals surface area (Å²) in [5, 5.41) is 2.82. The van der Waals surface area contributed by atoms with Crippen LogP contribution in [0.1, 0.15) is 33.2 Å². The van der Waals surface area contributed by atoms with Gasteiger partial charge in [-0.15, -0.1) is 0 Å². The molecule has 0 aliphatic rings. The van der Waals surface area contributed by atoms with Gasteiger partial charge in [0.15, 0.2) is 11.5 Å². The van der Waals surface area contributed by atoms with Crippen molar-refractivity contribution in [2.24, 2.45) is 0 Å². The highest BCUT2D eigenvalue weighted by atomic mass is 16.5. The van der Waals surface area contributed by atoms with Gasteiger partial charge >= 0.3 is 5.97 Å². The van der Waals surface area contributed by atoms with Crippen LogP contribution in [-0.4, -0.2) is 32.7 Å². The first-order valence-corrected chi connectivity index (χ1v) is 10.1. The number of hydrogen-bond acceptors (Lipinski definition) is 6. The number of para-hydroxylation sites is 2. The van der Waals surface area contributed by atoms with Gasteiger partial charge in [0, 0.05) is 16.8 Å². The van der Waals surface area contributed by atoms with Crippen LogP contribution < -0.4 is 19.5 Å². The smallest absolute Gasteiger partial charge is 0.337 e. The number of methoxy groups -OCH3 is 2. The molecule has 1 amide bonds. The molecule has 0 spiro atoms. The average molecular weight is 435 g/mol. The second-order valence-electron chi connectivity index (χ2n) is 6.72. The van der Waals surface area contributed by atoms with Crippen LogP contribution in [0.5, 0.6) is 17.2 Å². The van der Waals surface area contributed by atoms with Crippen molar-refractivity contribution in [3.05, 3.63) is 83.4 Å². The fraction of sp³-hybridized carbons (Fsp3) is 0.200. The minimum absolute atomic E-state index is 0.199. The SMILES string of the molecule is CCOc1ccc(C(=O)Nc2ccc(C(=O)OC)cc2)cc1COc1ccccc1OC. The van der Waals surface area contributed by atoms with Crippen molar-refractivity contribution >= 4 is 17.6 Å². The summed E-state index contributed by atoms with van der Waals surface area (Å²) in [4.78, 5) is 24.3. The van der Waals surface area contributed by atoms with Crippen LogP contribution in [0.3, 0.4) is 0 Å². The third-order valence-electron chi connectivity index (χ3n) is 4.64. The Labute approximate surface area is 186 Å². The fourth-order valence-corrected chi connectivity index (χ4v) is 3.03. The number of anilines is 1. The van der Waals surface area contributed by atoms with Gasteiger partial charge in [0.05, 0.1) is 26.4 Å². The molecule has 1 N–H and O–H groups in total. The van der Waals surface area contributed by atoms with Gasteiger partial charge in [-0.25, -0.2) is 4.79 Å². The maximum absolute atomic E-state index is 12.8. The summed E-state index contributed by atoms with van der Waals surface area (Å²) in [6, 6.07) is 19.0. The van der Waals surface area contributed by atoms with E-state index < -0.39 is 5.97 Å². The standard InChI is InChI=1S/C25H25NO6/c1-4-31-21-14-11-18(15-19(21)16-32-23-8-6-5-7-22(23)29-2)24(27)26-20-12-9-17(10-13-20)25(28)30-3/h5-15H,4,16H2,1-3H3,(H,26,27). The van der Waals surface area contributed by atoms with Gasteiger partial charge in [-0.3, -0.25) is 4.79 Å². The lowest BCUT2D eigenvalue weighted by atomic mass is 10.1. The average Bonchev–Trinajstić information content (AvgIpc) is 2.83. The zero-order chi connectivity index (χ0) is 22.9. The Bertz CT molecular complexity index is 1080. The maximum Gasteiger partial charge on any atom is 0.337 e. The molecule has 7 nitrogen and oxygen atoms in total. The molecular weight excluding hydrogens is 410 g/mol. The number of ether oxygens (including phenoxy) is 4. The first kappa shape index (κ1) is 22.7. The Morgan fingerprint density at radius 2 is 1.50 bits per heavy atom. The van der Waals surface area contributed by atoms with Gasteiger partial charge in [-0.1, -0.05) is 12.1 Å². The highest BCUT2D eigenvalue weighted by Crippen LogP contribution is 2.29. The summed E-state index contributed by atoms with van der Waals surface area (Å²) in [5.41, 5.74) is 2.14. The third kappa shape index (κ3) is 5.57. The molecule has 0 fully saturated rings. The van der Waals surface area contributed by atoms with E-state index >= 15 is 0 Å². The summed E-state index contributed by atoms with van der Waals surface area (Å²) in [6.07, 6.45) is 0. The molecule has 0 heterocycles. The molecule has 7 heteroatoms. The highest BCUT2D eigenvalue weighted by Gasteiger charge is 2.13. The molecule has 0 bridgehead atoms. The van der Waals surface area contributed by atoms with Crippen molar-refractivity contribution < 1.29 is 28.5 Å². The van der Waals surface area contributed by atoms with Gasteiger partial charge in [-0.05, 0) is 61.5 Å². The van der Waals surface area contributed by atoms with Crippen molar-refractivity contribution in [2.45, 2.75) is 13.5 Å². The Morgan fingerprint density at radius 1 is 0.812 bits per heavy atom. The molecule has 0 saturated heterocycles. The first-order chi connectivity index (χ1) is 15.5. The van der Waals surface area contributed by atoms with Crippen LogP contribution in [0.4, 0.5) is 5.69 Å². The largest absolute Gasteiger partial charge is 0.493 e. The molecule has 0 atom stereocenters. The maximum atomic E-state index is 12.8. The fourth-order valence-electron chi connectivity index (χ4n) is 3.03. The quantitative estimate of drug-likeness (QED) is 0.490. The van der Waals surface area contributed by atoms with E-state index in [9.17, 15) is 9.59 Å². The number of carbonyl (C=O) groups excluding carboxylic acids is 2. The van der Waals surface area contributed by atoms with Gasteiger partial charge in [-0.2, -0.15) is 0 Å². The summed E-state index contributed by atoms with van der Waals surface area (Å²) in [6.45, 7) is 2.58. The lowest BCUT2D eigenvalue weighted by Gasteiger charge is -2.15. The molecule has 166 valence electrons. The second-order valence-corrected chi connectivity index (χ2v) is 6.72. The molecular formula is C25H25NO6. The number of amides is 1. The predicted molar refractivity (Wildman–Crippen MR) is 121 cm³/mol. The van der Waals surface area contributed by atoms with E-state index in [1.54, 1.807) is 49.6 Å². The van der Waals surface area contributed by atoms with Crippen molar-refractivity contribution in [3.8, 4) is 17.2 Å². The summed E-state index contributed by atoms with van der Waals surface area (Å²) >= 11 is 0. The first-order valence-electron chi connectivity index (χ1n) is 10.1. The normalized spacial score (nSPS) is 10.2. The predicted octanol–water partition coefficient (Wildman–Crippen LogP) is 4.71. The monoisotopic (exact) mass is 435 g/mol. The molecule has 0 aliphatic carbocycles. The van der Waals surface area contributed by atoms with E-state index in [1.165, 1.54) is 7.11 Å². The van der Waals surface area contributed by atoms with Crippen LogP contribution in [0.25, 0.3) is 0 Å². The minimum Gasteiger partial charge on any atom is -0.493 e. The number of esters is 1. The van der Waals surface area contributed by atoms with Crippen molar-refractivity contribution in [1.82, 2.24) is 0 Å². The summed E-state index contributed by atoms with van der Waals surface area (Å²) < 4.78 is 21.6. The van der Waals surface area contributed by atoms with Gasteiger partial charge in [0.25, 0.3) is 5.91 Å². The Morgan fingerprint density at radius 3 is 2.16 bits per heavy atom. The Hall–Kier alpha value is -4.00. The number of nitrogens with one attached hydrogen (secondary N) is 1. The van der Waals surface area contributed by atoms with Crippen LogP contribution in [0.2, 0.25) is 0 Å². The lowest BCUT2D eigenvalue weighted by Crippen LogP contribution is -2.13. The molecule has 0 aromatic heterocycles. The third-order valence-corrected chi connectivity index (χ3v) is 4.64. The van der Waals surface area contributed by atoms with E-state index in [0.29, 0.717) is 40.7 Å². The van der Waals surface area contributed by atoms with E-state index in [1.807, 2.05) is 31.2 Å². The number of rotatable bonds is 9. The van der Waals surface area contributed by atoms with E-state index in [2.05, 4.69) is 10.1 Å². The van der Waals surface area contributed by atoms with Crippen molar-refractivity contribution in [3.63, 3.8) is 0 Å². The Kier molecular flexibility index (Phi) is 7.70. The van der Waals surface area contributed by atoms with Crippen LogP contribution in [-0.2, 0) is 11.3 Å². The van der Waals surface area contributed by atoms with E-state index in [-0.39, 0.29) is 12.5 Å². The van der Waals surface area contributed by atoms with Gasteiger partial charge in [0.1, 0.15) is 12.4 Å². The molecule has 0 aliphatic heterocycles. The molecule has 3 aromatic carbocycles. The lowest BCUT2D eigenvalue weighted by molar-refractivity contribution is 0.0600. The molecule has 0 unspecified atom stereocenters. The molecule has 3 rings (SSSR count).